The maximum Gasteiger partial charge on any atom is 0.315 e. The summed E-state index contributed by atoms with van der Waals surface area (Å²) in [6.07, 6.45) is 2.33. The third kappa shape index (κ3) is 2.37. The van der Waals surface area contributed by atoms with Crippen molar-refractivity contribution in [3.8, 4) is 0 Å². The highest BCUT2D eigenvalue weighted by Gasteiger charge is 2.26. The van der Waals surface area contributed by atoms with Gasteiger partial charge in [0.15, 0.2) is 0 Å². The van der Waals surface area contributed by atoms with Crippen LogP contribution in [0.2, 0.25) is 0 Å². The van der Waals surface area contributed by atoms with Crippen molar-refractivity contribution in [1.82, 2.24) is 10.6 Å². The lowest BCUT2D eigenvalue weighted by atomic mass is 10.2. The average molecular weight is 172 g/mol. The summed E-state index contributed by atoms with van der Waals surface area (Å²) in [4.78, 5) is 11.0. The first-order chi connectivity index (χ1) is 5.74. The number of nitrogens with one attached hydrogen (secondary N) is 2. The molecule has 1 fully saturated rings. The third-order valence-corrected chi connectivity index (χ3v) is 2.13. The van der Waals surface area contributed by atoms with E-state index in [0.29, 0.717) is 6.54 Å². The Hall–Kier alpha value is -0.770. The van der Waals surface area contributed by atoms with Gasteiger partial charge in [0.05, 0.1) is 12.1 Å². The molecule has 0 aromatic heterocycles. The molecule has 0 heterocycles. The third-order valence-electron chi connectivity index (χ3n) is 2.13. The van der Waals surface area contributed by atoms with Crippen LogP contribution in [0.5, 0.6) is 0 Å². The second-order valence-corrected chi connectivity index (χ2v) is 3.11. The van der Waals surface area contributed by atoms with E-state index in [1.54, 1.807) is 0 Å². The van der Waals surface area contributed by atoms with Crippen LogP contribution < -0.4 is 10.6 Å². The predicted octanol–water partition coefficient (Wildman–Crippen LogP) is 0.219. The second-order valence-electron chi connectivity index (χ2n) is 3.11. The number of amides is 2. The van der Waals surface area contributed by atoms with E-state index in [9.17, 15) is 9.90 Å². The molecule has 2 amide bonds. The molecule has 4 heteroatoms. The first kappa shape index (κ1) is 9.32. The van der Waals surface area contributed by atoms with Gasteiger partial charge in [0.2, 0.25) is 0 Å². The topological polar surface area (TPSA) is 61.4 Å². The van der Waals surface area contributed by atoms with Gasteiger partial charge in [-0.2, -0.15) is 0 Å². The van der Waals surface area contributed by atoms with Gasteiger partial charge >= 0.3 is 6.03 Å². The van der Waals surface area contributed by atoms with Crippen LogP contribution in [-0.2, 0) is 0 Å². The van der Waals surface area contributed by atoms with Crippen LogP contribution in [0.3, 0.4) is 0 Å². The Morgan fingerprint density at radius 2 is 2.33 bits per heavy atom. The maximum absolute atomic E-state index is 11.0. The molecule has 1 aliphatic carbocycles. The minimum atomic E-state index is -0.354. The molecule has 0 radical (unpaired) electrons. The Labute approximate surface area is 72.3 Å². The van der Waals surface area contributed by atoms with Crippen molar-refractivity contribution in [1.29, 1.82) is 0 Å². The Kier molecular flexibility index (Phi) is 3.34. The van der Waals surface area contributed by atoms with E-state index >= 15 is 0 Å². The van der Waals surface area contributed by atoms with Crippen LogP contribution >= 0.6 is 0 Å². The van der Waals surface area contributed by atoms with Gasteiger partial charge in [0.25, 0.3) is 0 Å². The van der Waals surface area contributed by atoms with Gasteiger partial charge < -0.3 is 15.7 Å². The largest absolute Gasteiger partial charge is 0.391 e. The fourth-order valence-corrected chi connectivity index (χ4v) is 1.49. The van der Waals surface area contributed by atoms with Gasteiger partial charge in [-0.15, -0.1) is 0 Å². The summed E-state index contributed by atoms with van der Waals surface area (Å²) in [5, 5.41) is 14.7. The molecule has 1 aliphatic rings. The van der Waals surface area contributed by atoms with Crippen LogP contribution in [0.1, 0.15) is 26.2 Å². The molecule has 3 N–H and O–H groups in total. The maximum atomic E-state index is 11.0. The summed E-state index contributed by atoms with van der Waals surface area (Å²) < 4.78 is 0. The number of carbonyl (C=O) groups is 1. The van der Waals surface area contributed by atoms with Crippen LogP contribution in [-0.4, -0.2) is 29.8 Å². The highest BCUT2D eigenvalue weighted by atomic mass is 16.3. The van der Waals surface area contributed by atoms with Crippen LogP contribution in [0.15, 0.2) is 0 Å². The lowest BCUT2D eigenvalue weighted by Gasteiger charge is -2.16. The number of aliphatic hydroxyl groups is 1. The molecule has 0 saturated heterocycles. The first-order valence-electron chi connectivity index (χ1n) is 4.46. The predicted molar refractivity (Wildman–Crippen MR) is 45.9 cm³/mol. The highest BCUT2D eigenvalue weighted by molar-refractivity contribution is 5.74. The normalized spacial score (nSPS) is 28.5. The average Bonchev–Trinajstić information content (AvgIpc) is 2.37. The monoisotopic (exact) mass is 172 g/mol. The van der Waals surface area contributed by atoms with Gasteiger partial charge in [-0.1, -0.05) is 0 Å². The van der Waals surface area contributed by atoms with Gasteiger partial charge in [0.1, 0.15) is 0 Å². The molecule has 0 spiro atoms. The quantitative estimate of drug-likeness (QED) is 0.558. The Balaban J connectivity index is 2.25. The summed E-state index contributed by atoms with van der Waals surface area (Å²) in [5.74, 6) is 0. The van der Waals surface area contributed by atoms with Crippen molar-refractivity contribution >= 4 is 6.03 Å². The summed E-state index contributed by atoms with van der Waals surface area (Å²) in [6.45, 7) is 2.49. The van der Waals surface area contributed by atoms with E-state index in [4.69, 9.17) is 0 Å². The molecule has 0 aliphatic heterocycles. The van der Waals surface area contributed by atoms with Crippen molar-refractivity contribution in [3.05, 3.63) is 0 Å². The summed E-state index contributed by atoms with van der Waals surface area (Å²) in [6, 6.07) is -0.222. The fraction of sp³-hybridized carbons (Fsp3) is 0.875. The minimum Gasteiger partial charge on any atom is -0.391 e. The molecule has 0 bridgehead atoms. The molecule has 2 atom stereocenters. The van der Waals surface area contributed by atoms with E-state index in [1.165, 1.54) is 0 Å². The second kappa shape index (κ2) is 4.30. The van der Waals surface area contributed by atoms with Crippen molar-refractivity contribution in [2.45, 2.75) is 38.3 Å². The molecule has 0 aromatic rings. The van der Waals surface area contributed by atoms with Crippen LogP contribution in [0, 0.1) is 0 Å². The smallest absolute Gasteiger partial charge is 0.315 e. The lowest BCUT2D eigenvalue weighted by molar-refractivity contribution is 0.149. The first-order valence-corrected chi connectivity index (χ1v) is 4.46. The fourth-order valence-electron chi connectivity index (χ4n) is 1.49. The van der Waals surface area contributed by atoms with Crippen molar-refractivity contribution in [2.75, 3.05) is 6.54 Å². The number of hydrogen-bond donors (Lipinski definition) is 3. The van der Waals surface area contributed by atoms with Gasteiger partial charge in [0, 0.05) is 6.54 Å². The van der Waals surface area contributed by atoms with E-state index in [2.05, 4.69) is 10.6 Å². The minimum absolute atomic E-state index is 0.0449. The SMILES string of the molecule is CCNC(=O)N[C@H]1CCC[C@@H]1O. The molecular weight excluding hydrogens is 156 g/mol. The summed E-state index contributed by atoms with van der Waals surface area (Å²) in [5.41, 5.74) is 0. The van der Waals surface area contributed by atoms with Crippen molar-refractivity contribution < 1.29 is 9.90 Å². The van der Waals surface area contributed by atoms with E-state index in [-0.39, 0.29) is 18.2 Å². The standard InChI is InChI=1S/C8H16N2O2/c1-2-9-8(12)10-6-4-3-5-7(6)11/h6-7,11H,2-5H2,1H3,(H2,9,10,12)/t6-,7-/m0/s1. The molecular formula is C8H16N2O2. The van der Waals surface area contributed by atoms with E-state index in [0.717, 1.165) is 19.3 Å². The van der Waals surface area contributed by atoms with Crippen LogP contribution in [0.25, 0.3) is 0 Å². The number of carbonyl (C=O) groups excluding carboxylic acids is 1. The zero-order chi connectivity index (χ0) is 8.97. The lowest BCUT2D eigenvalue weighted by Crippen LogP contribution is -2.45. The van der Waals surface area contributed by atoms with Crippen molar-refractivity contribution in [2.24, 2.45) is 0 Å². The summed E-state index contributed by atoms with van der Waals surface area (Å²) >= 11 is 0. The Morgan fingerprint density at radius 1 is 1.58 bits per heavy atom. The number of hydrogen-bond acceptors (Lipinski definition) is 2. The molecule has 4 nitrogen and oxygen atoms in total. The summed E-state index contributed by atoms with van der Waals surface area (Å²) in [7, 11) is 0. The number of rotatable bonds is 2. The molecule has 0 aromatic carbocycles. The van der Waals surface area contributed by atoms with Crippen LogP contribution in [0.4, 0.5) is 4.79 Å². The highest BCUT2D eigenvalue weighted by Crippen LogP contribution is 2.18. The zero-order valence-corrected chi connectivity index (χ0v) is 7.34. The molecule has 1 saturated carbocycles. The van der Waals surface area contributed by atoms with Gasteiger partial charge in [-0.25, -0.2) is 4.79 Å². The Morgan fingerprint density at radius 3 is 2.83 bits per heavy atom. The molecule has 70 valence electrons. The van der Waals surface area contributed by atoms with Gasteiger partial charge in [-0.05, 0) is 26.2 Å². The molecule has 12 heavy (non-hydrogen) atoms. The Bertz CT molecular complexity index is 161. The van der Waals surface area contributed by atoms with Crippen molar-refractivity contribution in [3.63, 3.8) is 0 Å². The van der Waals surface area contributed by atoms with E-state index < -0.39 is 0 Å². The number of aliphatic hydroxyl groups excluding tert-OH is 1. The number of urea groups is 1. The van der Waals surface area contributed by atoms with Gasteiger partial charge in [-0.3, -0.25) is 0 Å². The molecule has 0 unspecified atom stereocenters. The zero-order valence-electron chi connectivity index (χ0n) is 7.34. The van der Waals surface area contributed by atoms with E-state index in [1.807, 2.05) is 6.92 Å². The molecule has 1 rings (SSSR count).